The first-order valence-corrected chi connectivity index (χ1v) is 22.7. The summed E-state index contributed by atoms with van der Waals surface area (Å²) in [4.78, 5) is 25.3. The van der Waals surface area contributed by atoms with Gasteiger partial charge in [0.2, 0.25) is 0 Å². The van der Waals surface area contributed by atoms with Gasteiger partial charge >= 0.3 is 11.9 Å². The van der Waals surface area contributed by atoms with E-state index < -0.39 is 71.2 Å². The van der Waals surface area contributed by atoms with Crippen LogP contribution in [0.15, 0.2) is 0 Å². The lowest BCUT2D eigenvalue weighted by Crippen LogP contribution is -2.60. The van der Waals surface area contributed by atoms with Gasteiger partial charge in [0, 0.05) is 12.8 Å². The zero-order chi connectivity index (χ0) is 39.2. The zero-order valence-electron chi connectivity index (χ0n) is 33.1. The minimum atomic E-state index is -4.59. The molecule has 1 aliphatic heterocycles. The number of ether oxygens (including phenoxy) is 4. The molecule has 0 aromatic heterocycles. The monoisotopic (exact) mass is 781 g/mol. The number of carbonyl (C=O) groups is 2. The third-order valence-electron chi connectivity index (χ3n) is 9.94. The third kappa shape index (κ3) is 27.0. The Kier molecular flexibility index (Phi) is 29.8. The molecule has 0 bridgehead atoms. The smallest absolute Gasteiger partial charge is 0.306 e. The number of unbranched alkanes of at least 4 members (excludes halogenated alkanes) is 23. The number of hydrogen-bond acceptors (Lipinski definition) is 11. The van der Waals surface area contributed by atoms with Crippen molar-refractivity contribution in [2.75, 3.05) is 19.0 Å². The van der Waals surface area contributed by atoms with E-state index in [1.807, 2.05) is 0 Å². The molecule has 1 saturated heterocycles. The second-order valence-electron chi connectivity index (χ2n) is 15.0. The van der Waals surface area contributed by atoms with Gasteiger partial charge in [-0.2, -0.15) is 8.42 Å². The first kappa shape index (κ1) is 49.7. The van der Waals surface area contributed by atoms with Gasteiger partial charge in [-0.05, 0) is 12.8 Å². The molecule has 12 nitrogen and oxygen atoms in total. The van der Waals surface area contributed by atoms with Crippen LogP contribution in [0.2, 0.25) is 0 Å². The normalized spacial score (nSPS) is 21.1. The van der Waals surface area contributed by atoms with Crippen molar-refractivity contribution in [2.24, 2.45) is 0 Å². The molecular weight excluding hydrogens is 704 g/mol. The minimum Gasteiger partial charge on any atom is -0.462 e. The summed E-state index contributed by atoms with van der Waals surface area (Å²) in [6, 6.07) is 0. The molecule has 0 radical (unpaired) electrons. The average molecular weight is 781 g/mol. The van der Waals surface area contributed by atoms with Gasteiger partial charge in [0.15, 0.2) is 12.4 Å². The fourth-order valence-electron chi connectivity index (χ4n) is 6.62. The maximum Gasteiger partial charge on any atom is 0.306 e. The molecule has 0 aromatic carbocycles. The van der Waals surface area contributed by atoms with Gasteiger partial charge in [-0.25, -0.2) is 0 Å². The lowest BCUT2D eigenvalue weighted by Gasteiger charge is -2.40. The summed E-state index contributed by atoms with van der Waals surface area (Å²) < 4.78 is 53.9. The van der Waals surface area contributed by atoms with E-state index in [0.29, 0.717) is 12.8 Å². The van der Waals surface area contributed by atoms with Crippen LogP contribution in [0.3, 0.4) is 0 Å². The Morgan fingerprint density at radius 2 is 0.962 bits per heavy atom. The Labute approximate surface area is 321 Å². The van der Waals surface area contributed by atoms with E-state index in [9.17, 15) is 37.9 Å². The summed E-state index contributed by atoms with van der Waals surface area (Å²) in [5.41, 5.74) is 0. The average Bonchev–Trinajstić information content (AvgIpc) is 3.12. The van der Waals surface area contributed by atoms with E-state index in [4.69, 9.17) is 18.9 Å². The summed E-state index contributed by atoms with van der Waals surface area (Å²) in [7, 11) is -4.59. The van der Waals surface area contributed by atoms with Gasteiger partial charge in [-0.1, -0.05) is 162 Å². The lowest BCUT2D eigenvalue weighted by atomic mass is 10.00. The highest BCUT2D eigenvalue weighted by molar-refractivity contribution is 7.85. The Hall–Kier alpha value is -1.35. The maximum atomic E-state index is 12.7. The van der Waals surface area contributed by atoms with E-state index in [-0.39, 0.29) is 19.4 Å². The number of carbonyl (C=O) groups excluding carboxylic acids is 2. The van der Waals surface area contributed by atoms with Crippen LogP contribution in [0, 0.1) is 0 Å². The number of hydrogen-bond donors (Lipinski definition) is 4. The number of esters is 2. The van der Waals surface area contributed by atoms with Crippen LogP contribution in [0.1, 0.15) is 187 Å². The quantitative estimate of drug-likeness (QED) is 0.0279. The van der Waals surface area contributed by atoms with Crippen LogP contribution >= 0.6 is 0 Å². The van der Waals surface area contributed by atoms with Gasteiger partial charge in [-0.15, -0.1) is 0 Å². The van der Waals surface area contributed by atoms with E-state index in [0.717, 1.165) is 38.5 Å². The second kappa shape index (κ2) is 31.8. The SMILES string of the molecule is CCCCCCCCCCCCCCCCC(=O)OC[C@H](CO[C@H]1O[C@H](CS(=O)(=O)O)[C@@H](O)C(O)C1O)OC(=O)CCCCCCCCCCCCC. The Bertz CT molecular complexity index is 1010. The molecule has 4 N–H and O–H groups in total. The van der Waals surface area contributed by atoms with Gasteiger partial charge in [0.05, 0.1) is 6.61 Å². The molecule has 0 spiro atoms. The van der Waals surface area contributed by atoms with Gasteiger partial charge in [0.25, 0.3) is 10.1 Å². The van der Waals surface area contributed by atoms with Gasteiger partial charge < -0.3 is 34.3 Å². The van der Waals surface area contributed by atoms with Crippen molar-refractivity contribution in [1.82, 2.24) is 0 Å². The van der Waals surface area contributed by atoms with Crippen molar-refractivity contribution in [1.29, 1.82) is 0 Å². The molecule has 1 heterocycles. The number of rotatable bonds is 35. The Morgan fingerprint density at radius 1 is 0.566 bits per heavy atom. The largest absolute Gasteiger partial charge is 0.462 e. The molecule has 1 rings (SSSR count). The predicted octanol–water partition coefficient (Wildman–Crippen LogP) is 7.73. The Balaban J connectivity index is 2.47. The van der Waals surface area contributed by atoms with Crippen molar-refractivity contribution >= 4 is 22.1 Å². The highest BCUT2D eigenvalue weighted by Gasteiger charge is 2.46. The molecule has 2 unspecified atom stereocenters. The van der Waals surface area contributed by atoms with Gasteiger partial charge in [0.1, 0.15) is 36.8 Å². The van der Waals surface area contributed by atoms with Crippen LogP contribution in [-0.4, -0.2) is 96.0 Å². The van der Waals surface area contributed by atoms with Crippen molar-refractivity contribution in [2.45, 2.75) is 224 Å². The molecule has 314 valence electrons. The summed E-state index contributed by atoms with van der Waals surface area (Å²) >= 11 is 0. The van der Waals surface area contributed by atoms with E-state index >= 15 is 0 Å². The molecule has 0 aliphatic carbocycles. The van der Waals surface area contributed by atoms with E-state index in [2.05, 4.69) is 13.8 Å². The molecule has 13 heteroatoms. The summed E-state index contributed by atoms with van der Waals surface area (Å²) in [5.74, 6) is -1.97. The van der Waals surface area contributed by atoms with Crippen molar-refractivity contribution in [3.63, 3.8) is 0 Å². The van der Waals surface area contributed by atoms with Gasteiger partial charge in [-0.3, -0.25) is 14.1 Å². The Morgan fingerprint density at radius 3 is 1.38 bits per heavy atom. The molecule has 1 aliphatic rings. The minimum absolute atomic E-state index is 0.171. The summed E-state index contributed by atoms with van der Waals surface area (Å²) in [5, 5.41) is 30.8. The van der Waals surface area contributed by atoms with Crippen LogP contribution in [0.4, 0.5) is 0 Å². The number of aliphatic hydroxyl groups excluding tert-OH is 3. The maximum absolute atomic E-state index is 12.7. The first-order valence-electron chi connectivity index (χ1n) is 21.1. The van der Waals surface area contributed by atoms with Crippen molar-refractivity contribution in [3.8, 4) is 0 Å². The van der Waals surface area contributed by atoms with E-state index in [1.54, 1.807) is 0 Å². The lowest BCUT2D eigenvalue weighted by molar-refractivity contribution is -0.297. The van der Waals surface area contributed by atoms with E-state index in [1.165, 1.54) is 109 Å². The predicted molar refractivity (Wildman–Crippen MR) is 206 cm³/mol. The van der Waals surface area contributed by atoms with Crippen LogP contribution in [-0.2, 0) is 38.7 Å². The zero-order valence-corrected chi connectivity index (χ0v) is 34.0. The highest BCUT2D eigenvalue weighted by Crippen LogP contribution is 2.24. The molecular formula is C40H76O12S. The topological polar surface area (TPSA) is 186 Å². The van der Waals surface area contributed by atoms with Crippen LogP contribution < -0.4 is 0 Å². The third-order valence-corrected chi connectivity index (χ3v) is 10.7. The fraction of sp³-hybridized carbons (Fsp3) is 0.950. The molecule has 6 atom stereocenters. The second-order valence-corrected chi connectivity index (χ2v) is 16.5. The summed E-state index contributed by atoms with van der Waals surface area (Å²) in [6.07, 6.45) is 20.1. The molecule has 1 fully saturated rings. The van der Waals surface area contributed by atoms with Crippen molar-refractivity contribution in [3.05, 3.63) is 0 Å². The standard InChI is InChI=1S/C40H76O12S/c1-3-5-7-9-11-13-15-16-17-19-20-22-24-26-28-35(41)49-30-33(51-36(42)29-27-25-23-21-18-14-12-10-8-6-4-2)31-50-40-39(45)38(44)37(43)34(52-40)32-53(46,47)48/h33-34,37-40,43-45H,3-32H2,1-2H3,(H,46,47,48)/t33-,34-,37-,38?,39?,40+/m1/s1. The fourth-order valence-corrected chi connectivity index (χ4v) is 7.31. The molecule has 53 heavy (non-hydrogen) atoms. The highest BCUT2D eigenvalue weighted by atomic mass is 32.2. The molecule has 0 saturated carbocycles. The summed E-state index contributed by atoms with van der Waals surface area (Å²) in [6.45, 7) is 3.75. The number of aliphatic hydroxyl groups is 3. The van der Waals surface area contributed by atoms with Crippen molar-refractivity contribution < 1.29 is 56.8 Å². The molecule has 0 amide bonds. The molecule has 0 aromatic rings. The first-order chi connectivity index (χ1) is 25.5. The van der Waals surface area contributed by atoms with Crippen LogP contribution in [0.5, 0.6) is 0 Å². The van der Waals surface area contributed by atoms with Crippen LogP contribution in [0.25, 0.3) is 0 Å².